The third-order valence-corrected chi connectivity index (χ3v) is 6.38. The van der Waals surface area contributed by atoms with Crippen molar-refractivity contribution in [2.24, 2.45) is 0 Å². The summed E-state index contributed by atoms with van der Waals surface area (Å²) >= 11 is 11.6. The average Bonchev–Trinajstić information content (AvgIpc) is 2.40. The highest BCUT2D eigenvalue weighted by Crippen LogP contribution is 2.24. The fourth-order valence-electron chi connectivity index (χ4n) is 1.64. The van der Waals surface area contributed by atoms with Crippen LogP contribution in [0.3, 0.4) is 0 Å². The summed E-state index contributed by atoms with van der Waals surface area (Å²) in [4.78, 5) is 12.9. The van der Waals surface area contributed by atoms with E-state index in [2.05, 4.69) is 33.9 Å². The number of thiol groups is 1. The standard InChI is InChI=1S/C12H14BrNOS3/c13-11-2-1-8(16)5-10(11)12(15)14-6-9-7-17-3-4-18-9/h1-2,5,9,16H,3-4,6-7H2,(H,14,15). The Morgan fingerprint density at radius 2 is 2.33 bits per heavy atom. The highest BCUT2D eigenvalue weighted by molar-refractivity contribution is 9.10. The molecule has 1 unspecified atom stereocenters. The van der Waals surface area contributed by atoms with Crippen LogP contribution in [-0.4, -0.2) is 35.0 Å². The molecule has 1 aromatic carbocycles. The van der Waals surface area contributed by atoms with Gasteiger partial charge in [-0.1, -0.05) is 0 Å². The Kier molecular flexibility index (Phi) is 5.79. The maximum absolute atomic E-state index is 12.1. The Labute approximate surface area is 130 Å². The molecular weight excluding hydrogens is 350 g/mol. The maximum atomic E-state index is 12.1. The number of thioether (sulfide) groups is 2. The van der Waals surface area contributed by atoms with Gasteiger partial charge in [0, 0.05) is 38.4 Å². The van der Waals surface area contributed by atoms with Gasteiger partial charge in [0.2, 0.25) is 0 Å². The molecule has 98 valence electrons. The maximum Gasteiger partial charge on any atom is 0.252 e. The van der Waals surface area contributed by atoms with E-state index in [4.69, 9.17) is 0 Å². The summed E-state index contributed by atoms with van der Waals surface area (Å²) in [5.41, 5.74) is 0.649. The first-order valence-electron chi connectivity index (χ1n) is 5.63. The summed E-state index contributed by atoms with van der Waals surface area (Å²) in [6.45, 7) is 0.736. The Morgan fingerprint density at radius 3 is 3.06 bits per heavy atom. The molecule has 1 aliphatic rings. The van der Waals surface area contributed by atoms with E-state index >= 15 is 0 Å². The number of rotatable bonds is 3. The van der Waals surface area contributed by atoms with Crippen LogP contribution in [0.25, 0.3) is 0 Å². The van der Waals surface area contributed by atoms with Crippen LogP contribution in [0.15, 0.2) is 27.6 Å². The molecule has 0 aliphatic carbocycles. The van der Waals surface area contributed by atoms with Crippen LogP contribution in [0, 0.1) is 0 Å². The van der Waals surface area contributed by atoms with E-state index in [0.29, 0.717) is 10.8 Å². The minimum atomic E-state index is -0.0334. The number of amides is 1. The van der Waals surface area contributed by atoms with Crippen molar-refractivity contribution in [1.29, 1.82) is 0 Å². The minimum absolute atomic E-state index is 0.0334. The van der Waals surface area contributed by atoms with Crippen molar-refractivity contribution in [2.75, 3.05) is 23.8 Å². The van der Waals surface area contributed by atoms with E-state index < -0.39 is 0 Å². The second kappa shape index (κ2) is 7.12. The van der Waals surface area contributed by atoms with Gasteiger partial charge in [-0.05, 0) is 34.1 Å². The topological polar surface area (TPSA) is 29.1 Å². The van der Waals surface area contributed by atoms with Gasteiger partial charge in [-0.25, -0.2) is 0 Å². The number of carbonyl (C=O) groups is 1. The van der Waals surface area contributed by atoms with Gasteiger partial charge in [0.05, 0.1) is 5.56 Å². The summed E-state index contributed by atoms with van der Waals surface area (Å²) in [6.07, 6.45) is 0. The number of hydrogen-bond donors (Lipinski definition) is 2. The second-order valence-electron chi connectivity index (χ2n) is 3.94. The van der Waals surface area contributed by atoms with Crippen LogP contribution in [0.1, 0.15) is 10.4 Å². The van der Waals surface area contributed by atoms with Crippen LogP contribution in [0.4, 0.5) is 0 Å². The second-order valence-corrected chi connectivity index (χ2v) is 7.87. The number of halogens is 1. The predicted molar refractivity (Wildman–Crippen MR) is 87.3 cm³/mol. The number of carbonyl (C=O) groups excluding carboxylic acids is 1. The summed E-state index contributed by atoms with van der Waals surface area (Å²) in [7, 11) is 0. The molecule has 18 heavy (non-hydrogen) atoms. The lowest BCUT2D eigenvalue weighted by molar-refractivity contribution is 0.0953. The van der Waals surface area contributed by atoms with E-state index in [9.17, 15) is 4.79 Å². The zero-order valence-electron chi connectivity index (χ0n) is 9.69. The van der Waals surface area contributed by atoms with Crippen molar-refractivity contribution < 1.29 is 4.79 Å². The SMILES string of the molecule is O=C(NCC1CSCCS1)c1cc(S)ccc1Br. The van der Waals surface area contributed by atoms with E-state index in [1.165, 1.54) is 11.5 Å². The molecule has 1 saturated heterocycles. The molecule has 1 aromatic rings. The van der Waals surface area contributed by atoms with Gasteiger partial charge in [0.25, 0.3) is 5.91 Å². The van der Waals surface area contributed by atoms with Crippen molar-refractivity contribution >= 4 is 58.0 Å². The lowest BCUT2D eigenvalue weighted by atomic mass is 10.2. The lowest BCUT2D eigenvalue weighted by Crippen LogP contribution is -2.33. The van der Waals surface area contributed by atoms with Crippen molar-refractivity contribution in [1.82, 2.24) is 5.32 Å². The smallest absolute Gasteiger partial charge is 0.252 e. The van der Waals surface area contributed by atoms with Gasteiger partial charge in [-0.15, -0.1) is 12.6 Å². The molecule has 1 fully saturated rings. The van der Waals surface area contributed by atoms with Crippen LogP contribution in [0.5, 0.6) is 0 Å². The zero-order valence-corrected chi connectivity index (χ0v) is 13.8. The third-order valence-electron chi connectivity index (χ3n) is 2.57. The molecule has 0 radical (unpaired) electrons. The first kappa shape index (κ1) is 14.6. The molecule has 0 spiro atoms. The first-order valence-corrected chi connectivity index (χ1v) is 9.07. The molecule has 2 rings (SSSR count). The lowest BCUT2D eigenvalue weighted by Gasteiger charge is -2.21. The Morgan fingerprint density at radius 1 is 1.50 bits per heavy atom. The Balaban J connectivity index is 1.92. The minimum Gasteiger partial charge on any atom is -0.351 e. The number of benzene rings is 1. The molecule has 1 atom stereocenters. The van der Waals surface area contributed by atoms with Crippen LogP contribution < -0.4 is 5.32 Å². The molecule has 1 aliphatic heterocycles. The third kappa shape index (κ3) is 4.11. The fraction of sp³-hybridized carbons (Fsp3) is 0.417. The van der Waals surface area contributed by atoms with Crippen LogP contribution in [0.2, 0.25) is 0 Å². The predicted octanol–water partition coefficient (Wildman–Crippen LogP) is 3.32. The molecule has 6 heteroatoms. The van der Waals surface area contributed by atoms with E-state index in [0.717, 1.165) is 21.7 Å². The van der Waals surface area contributed by atoms with Crippen molar-refractivity contribution in [3.63, 3.8) is 0 Å². The van der Waals surface area contributed by atoms with Crippen molar-refractivity contribution in [2.45, 2.75) is 10.1 Å². The van der Waals surface area contributed by atoms with Gasteiger partial charge in [-0.2, -0.15) is 23.5 Å². The van der Waals surface area contributed by atoms with Gasteiger partial charge in [0.1, 0.15) is 0 Å². The molecule has 1 N–H and O–H groups in total. The van der Waals surface area contributed by atoms with E-state index in [-0.39, 0.29) is 5.91 Å². The summed E-state index contributed by atoms with van der Waals surface area (Å²) in [6, 6.07) is 5.49. The largest absolute Gasteiger partial charge is 0.351 e. The van der Waals surface area contributed by atoms with E-state index in [1.807, 2.05) is 35.7 Å². The number of nitrogens with one attached hydrogen (secondary N) is 1. The Bertz CT molecular complexity index is 435. The van der Waals surface area contributed by atoms with Gasteiger partial charge < -0.3 is 5.32 Å². The molecular formula is C12H14BrNOS3. The number of hydrogen-bond acceptors (Lipinski definition) is 4. The van der Waals surface area contributed by atoms with E-state index in [1.54, 1.807) is 6.07 Å². The summed E-state index contributed by atoms with van der Waals surface area (Å²) in [5, 5.41) is 3.53. The normalized spacial score (nSPS) is 19.6. The van der Waals surface area contributed by atoms with Crippen molar-refractivity contribution in [3.8, 4) is 0 Å². The Hall–Kier alpha value is 0.220. The molecule has 0 saturated carbocycles. The summed E-state index contributed by atoms with van der Waals surface area (Å²) in [5.74, 6) is 3.50. The van der Waals surface area contributed by atoms with Crippen LogP contribution >= 0.6 is 52.1 Å². The van der Waals surface area contributed by atoms with Crippen molar-refractivity contribution in [3.05, 3.63) is 28.2 Å². The fourth-order valence-corrected chi connectivity index (χ4v) is 4.89. The van der Waals surface area contributed by atoms with Gasteiger partial charge in [0.15, 0.2) is 0 Å². The molecule has 0 aromatic heterocycles. The monoisotopic (exact) mass is 363 g/mol. The molecule has 1 amide bonds. The van der Waals surface area contributed by atoms with Crippen LogP contribution in [-0.2, 0) is 0 Å². The quantitative estimate of drug-likeness (QED) is 0.807. The van der Waals surface area contributed by atoms with Gasteiger partial charge >= 0.3 is 0 Å². The average molecular weight is 364 g/mol. The highest BCUT2D eigenvalue weighted by atomic mass is 79.9. The van der Waals surface area contributed by atoms with Gasteiger partial charge in [-0.3, -0.25) is 4.79 Å². The zero-order chi connectivity index (χ0) is 13.0. The summed E-state index contributed by atoms with van der Waals surface area (Å²) < 4.78 is 0.809. The molecule has 2 nitrogen and oxygen atoms in total. The first-order chi connectivity index (χ1) is 8.66. The molecule has 1 heterocycles. The molecule has 0 bridgehead atoms. The highest BCUT2D eigenvalue weighted by Gasteiger charge is 2.16.